The van der Waals surface area contributed by atoms with Crippen molar-refractivity contribution >= 4 is 45.5 Å². The highest BCUT2D eigenvalue weighted by atomic mass is 32.2. The van der Waals surface area contributed by atoms with Gasteiger partial charge in [0.1, 0.15) is 0 Å². The SMILES string of the molecule is Cc1cccc(C)c1N=C1NC(=O)/C(=C/c2cn(CCC#N)c3ccccc23)S1. The Bertz CT molecular complexity index is 1190. The van der Waals surface area contributed by atoms with Gasteiger partial charge in [0.15, 0.2) is 5.17 Å². The van der Waals surface area contributed by atoms with Gasteiger partial charge in [0, 0.05) is 29.2 Å². The van der Waals surface area contributed by atoms with Gasteiger partial charge in [-0.3, -0.25) is 4.79 Å². The lowest BCUT2D eigenvalue weighted by Crippen LogP contribution is -2.19. The van der Waals surface area contributed by atoms with Gasteiger partial charge in [-0.05, 0) is 48.9 Å². The summed E-state index contributed by atoms with van der Waals surface area (Å²) in [5, 5.41) is 13.4. The van der Waals surface area contributed by atoms with Gasteiger partial charge in [-0.2, -0.15) is 5.26 Å². The summed E-state index contributed by atoms with van der Waals surface area (Å²) < 4.78 is 2.06. The van der Waals surface area contributed by atoms with E-state index in [0.29, 0.717) is 23.0 Å². The lowest BCUT2D eigenvalue weighted by molar-refractivity contribution is -0.115. The summed E-state index contributed by atoms with van der Waals surface area (Å²) >= 11 is 1.35. The minimum Gasteiger partial charge on any atom is -0.346 e. The molecule has 0 bridgehead atoms. The molecule has 4 rings (SSSR count). The summed E-state index contributed by atoms with van der Waals surface area (Å²) in [4.78, 5) is 17.8. The van der Waals surface area contributed by atoms with Crippen LogP contribution in [0.25, 0.3) is 17.0 Å². The average Bonchev–Trinajstić information content (AvgIpc) is 3.24. The molecule has 1 aliphatic rings. The zero-order chi connectivity index (χ0) is 20.4. The molecule has 29 heavy (non-hydrogen) atoms. The number of nitriles is 1. The molecule has 2 heterocycles. The molecule has 0 aliphatic carbocycles. The van der Waals surface area contributed by atoms with E-state index in [1.165, 1.54) is 11.8 Å². The molecular weight excluding hydrogens is 380 g/mol. The van der Waals surface area contributed by atoms with Crippen molar-refractivity contribution in [3.63, 3.8) is 0 Å². The van der Waals surface area contributed by atoms with Crippen LogP contribution >= 0.6 is 11.8 Å². The van der Waals surface area contributed by atoms with E-state index in [0.717, 1.165) is 33.3 Å². The van der Waals surface area contributed by atoms with Gasteiger partial charge in [-0.1, -0.05) is 36.4 Å². The molecule has 144 valence electrons. The van der Waals surface area contributed by atoms with Crippen LogP contribution in [0.5, 0.6) is 0 Å². The van der Waals surface area contributed by atoms with Crippen LogP contribution in [0.1, 0.15) is 23.1 Å². The van der Waals surface area contributed by atoms with Crippen LogP contribution in [-0.4, -0.2) is 15.6 Å². The van der Waals surface area contributed by atoms with Crippen molar-refractivity contribution < 1.29 is 4.79 Å². The highest BCUT2D eigenvalue weighted by molar-refractivity contribution is 8.18. The molecule has 1 amide bonds. The fraction of sp³-hybridized carbons (Fsp3) is 0.174. The van der Waals surface area contributed by atoms with Crippen LogP contribution in [0.4, 0.5) is 5.69 Å². The van der Waals surface area contributed by atoms with E-state index < -0.39 is 0 Å². The van der Waals surface area contributed by atoms with Crippen LogP contribution in [0.3, 0.4) is 0 Å². The van der Waals surface area contributed by atoms with Gasteiger partial charge in [0.25, 0.3) is 5.91 Å². The number of nitrogens with one attached hydrogen (secondary N) is 1. The number of carbonyl (C=O) groups excluding carboxylic acids is 1. The molecular formula is C23H20N4OS. The van der Waals surface area contributed by atoms with Crippen LogP contribution < -0.4 is 5.32 Å². The van der Waals surface area contributed by atoms with Crippen molar-refractivity contribution in [3.05, 3.63) is 70.3 Å². The number of amides is 1. The predicted molar refractivity (Wildman–Crippen MR) is 119 cm³/mol. The number of hydrogen-bond acceptors (Lipinski definition) is 4. The smallest absolute Gasteiger partial charge is 0.264 e. The summed E-state index contributed by atoms with van der Waals surface area (Å²) in [5.74, 6) is -0.145. The zero-order valence-corrected chi connectivity index (χ0v) is 17.1. The van der Waals surface area contributed by atoms with Crippen LogP contribution in [0.2, 0.25) is 0 Å². The average molecular weight is 401 g/mol. The first-order valence-corrected chi connectivity index (χ1v) is 10.2. The van der Waals surface area contributed by atoms with E-state index in [1.807, 2.05) is 68.6 Å². The van der Waals surface area contributed by atoms with Crippen molar-refractivity contribution in [3.8, 4) is 6.07 Å². The molecule has 1 aromatic heterocycles. The molecule has 0 radical (unpaired) electrons. The Morgan fingerprint density at radius 2 is 1.93 bits per heavy atom. The number of para-hydroxylation sites is 2. The molecule has 1 N–H and O–H groups in total. The number of aromatic nitrogens is 1. The maximum absolute atomic E-state index is 12.5. The van der Waals surface area contributed by atoms with E-state index in [-0.39, 0.29) is 5.91 Å². The third-order valence-corrected chi connectivity index (χ3v) is 5.78. The number of fused-ring (bicyclic) bond motifs is 1. The Morgan fingerprint density at radius 1 is 1.17 bits per heavy atom. The molecule has 3 aromatic rings. The molecule has 0 saturated carbocycles. The normalized spacial score (nSPS) is 16.5. The van der Waals surface area contributed by atoms with E-state index in [9.17, 15) is 4.79 Å². The first-order chi connectivity index (χ1) is 14.1. The summed E-state index contributed by atoms with van der Waals surface area (Å²) in [6.07, 6.45) is 4.35. The maximum atomic E-state index is 12.5. The maximum Gasteiger partial charge on any atom is 0.264 e. The Kier molecular flexibility index (Phi) is 5.24. The second-order valence-corrected chi connectivity index (χ2v) is 7.96. The summed E-state index contributed by atoms with van der Waals surface area (Å²) in [5.41, 5.74) is 5.06. The fourth-order valence-electron chi connectivity index (χ4n) is 3.45. The van der Waals surface area contributed by atoms with E-state index in [1.54, 1.807) is 0 Å². The minimum absolute atomic E-state index is 0.145. The predicted octanol–water partition coefficient (Wildman–Crippen LogP) is 5.06. The van der Waals surface area contributed by atoms with Gasteiger partial charge >= 0.3 is 0 Å². The van der Waals surface area contributed by atoms with E-state index in [4.69, 9.17) is 5.26 Å². The minimum atomic E-state index is -0.145. The Morgan fingerprint density at radius 3 is 2.69 bits per heavy atom. The summed E-state index contributed by atoms with van der Waals surface area (Å²) in [6.45, 7) is 4.65. The molecule has 6 heteroatoms. The number of hydrogen-bond donors (Lipinski definition) is 1. The quantitative estimate of drug-likeness (QED) is 0.622. The molecule has 0 atom stereocenters. The first kappa shape index (κ1) is 19.0. The molecule has 0 spiro atoms. The van der Waals surface area contributed by atoms with Gasteiger partial charge in [-0.15, -0.1) is 0 Å². The molecule has 5 nitrogen and oxygen atoms in total. The van der Waals surface area contributed by atoms with Crippen LogP contribution in [0.15, 0.2) is 58.6 Å². The molecule has 1 fully saturated rings. The second kappa shape index (κ2) is 7.98. The highest BCUT2D eigenvalue weighted by Crippen LogP contribution is 2.32. The number of nitrogens with zero attached hydrogens (tertiary/aromatic N) is 3. The van der Waals surface area contributed by atoms with E-state index in [2.05, 4.69) is 20.9 Å². The molecule has 1 aliphatic heterocycles. The lowest BCUT2D eigenvalue weighted by Gasteiger charge is -2.04. The van der Waals surface area contributed by atoms with Crippen LogP contribution in [0, 0.1) is 25.2 Å². The third-order valence-electron chi connectivity index (χ3n) is 4.87. The largest absolute Gasteiger partial charge is 0.346 e. The Hall–Kier alpha value is -3.30. The number of aryl methyl sites for hydroxylation is 3. The Balaban J connectivity index is 1.68. The number of aliphatic imine (C=N–C) groups is 1. The van der Waals surface area contributed by atoms with Crippen LogP contribution in [-0.2, 0) is 11.3 Å². The number of carbonyl (C=O) groups is 1. The Labute approximate surface area is 173 Å². The third kappa shape index (κ3) is 3.82. The number of benzene rings is 2. The van der Waals surface area contributed by atoms with Gasteiger partial charge in [0.05, 0.1) is 23.1 Å². The topological polar surface area (TPSA) is 70.2 Å². The van der Waals surface area contributed by atoms with E-state index >= 15 is 0 Å². The fourth-order valence-corrected chi connectivity index (χ4v) is 4.27. The lowest BCUT2D eigenvalue weighted by atomic mass is 10.1. The van der Waals surface area contributed by atoms with Crippen molar-refractivity contribution in [1.29, 1.82) is 5.26 Å². The van der Waals surface area contributed by atoms with Crippen molar-refractivity contribution in [2.45, 2.75) is 26.8 Å². The first-order valence-electron chi connectivity index (χ1n) is 9.37. The summed E-state index contributed by atoms with van der Waals surface area (Å²) in [7, 11) is 0. The highest BCUT2D eigenvalue weighted by Gasteiger charge is 2.24. The van der Waals surface area contributed by atoms with Crippen molar-refractivity contribution in [1.82, 2.24) is 9.88 Å². The molecule has 2 aromatic carbocycles. The zero-order valence-electron chi connectivity index (χ0n) is 16.3. The number of amidine groups is 1. The van der Waals surface area contributed by atoms with Crippen molar-refractivity contribution in [2.24, 2.45) is 4.99 Å². The number of thioether (sulfide) groups is 1. The van der Waals surface area contributed by atoms with Gasteiger partial charge in [0.2, 0.25) is 0 Å². The summed E-state index contributed by atoms with van der Waals surface area (Å²) in [6, 6.07) is 16.2. The monoisotopic (exact) mass is 400 g/mol. The second-order valence-electron chi connectivity index (χ2n) is 6.93. The molecule has 1 saturated heterocycles. The standard InChI is InChI=1S/C23H20N4OS/c1-15-7-5-8-16(2)21(15)25-23-26-22(28)20(29-23)13-17-14-27(12-6-11-24)19-10-4-3-9-18(17)19/h3-5,7-10,13-14H,6,12H2,1-2H3,(H,25,26,28)/b20-13-. The van der Waals surface area contributed by atoms with Crippen molar-refractivity contribution in [2.75, 3.05) is 0 Å². The van der Waals surface area contributed by atoms with Gasteiger partial charge < -0.3 is 9.88 Å². The van der Waals surface area contributed by atoms with Gasteiger partial charge in [-0.25, -0.2) is 4.99 Å². The molecule has 0 unspecified atom stereocenters. The number of rotatable bonds is 4.